The summed E-state index contributed by atoms with van der Waals surface area (Å²) >= 11 is 0. The molecule has 1 aliphatic heterocycles. The molecule has 2 aromatic rings. The highest BCUT2D eigenvalue weighted by Gasteiger charge is 2.32. The highest BCUT2D eigenvalue weighted by Crippen LogP contribution is 2.22. The number of hydrogen-bond donors (Lipinski definition) is 1. The van der Waals surface area contributed by atoms with Gasteiger partial charge in [-0.3, -0.25) is 4.90 Å². The van der Waals surface area contributed by atoms with Gasteiger partial charge in [-0.05, 0) is 43.0 Å². The first-order valence-corrected chi connectivity index (χ1v) is 8.97. The van der Waals surface area contributed by atoms with Gasteiger partial charge in [0.05, 0.1) is 0 Å². The Hall–Kier alpha value is -1.90. The van der Waals surface area contributed by atoms with E-state index in [0.717, 1.165) is 32.5 Å². The summed E-state index contributed by atoms with van der Waals surface area (Å²) in [5.74, 6) is 0. The van der Waals surface area contributed by atoms with Gasteiger partial charge in [-0.2, -0.15) is 0 Å². The van der Waals surface area contributed by atoms with Gasteiger partial charge in [0.1, 0.15) is 0 Å². The fourth-order valence-corrected chi connectivity index (χ4v) is 3.59. The lowest BCUT2D eigenvalue weighted by molar-refractivity contribution is 0.253. The molecule has 0 spiro atoms. The van der Waals surface area contributed by atoms with E-state index in [1.807, 2.05) is 0 Å². The molecule has 1 N–H and O–H groups in total. The maximum atomic E-state index is 4.31. The van der Waals surface area contributed by atoms with Crippen LogP contribution in [-0.2, 0) is 12.8 Å². The normalized spacial score (nSPS) is 21.3. The van der Waals surface area contributed by atoms with Crippen LogP contribution in [0.5, 0.6) is 0 Å². The monoisotopic (exact) mass is 320 g/mol. The van der Waals surface area contributed by atoms with Crippen LogP contribution < -0.4 is 5.32 Å². The molecule has 2 aromatic carbocycles. The first-order valence-electron chi connectivity index (χ1n) is 8.97. The van der Waals surface area contributed by atoms with Gasteiger partial charge in [0, 0.05) is 25.2 Å². The predicted octanol–water partition coefficient (Wildman–Crippen LogP) is 3.69. The molecule has 1 aliphatic rings. The van der Waals surface area contributed by atoms with Crippen LogP contribution in [-0.4, -0.2) is 36.6 Å². The minimum absolute atomic E-state index is 0.407. The first kappa shape index (κ1) is 16.9. The quantitative estimate of drug-likeness (QED) is 0.783. The van der Waals surface area contributed by atoms with E-state index < -0.39 is 0 Å². The third-order valence-corrected chi connectivity index (χ3v) is 5.06. The summed E-state index contributed by atoms with van der Waals surface area (Å²) in [5.41, 5.74) is 4.13. The summed E-state index contributed by atoms with van der Waals surface area (Å²) < 4.78 is 0. The number of hydrogen-bond acceptors (Lipinski definition) is 2. The Morgan fingerprint density at radius 1 is 0.958 bits per heavy atom. The van der Waals surface area contributed by atoms with E-state index >= 15 is 0 Å². The fourth-order valence-electron chi connectivity index (χ4n) is 3.59. The second-order valence-corrected chi connectivity index (χ2v) is 6.77. The van der Waals surface area contributed by atoms with Gasteiger partial charge in [0.25, 0.3) is 0 Å². The summed E-state index contributed by atoms with van der Waals surface area (Å²) in [5, 5.41) is 3.72. The topological polar surface area (TPSA) is 15.3 Å². The predicted molar refractivity (Wildman–Crippen MR) is 102 cm³/mol. The van der Waals surface area contributed by atoms with Crippen molar-refractivity contribution in [3.8, 4) is 0 Å². The molecule has 2 nitrogen and oxygen atoms in total. The highest BCUT2D eigenvalue weighted by molar-refractivity contribution is 5.20. The summed E-state index contributed by atoms with van der Waals surface area (Å²) in [4.78, 5) is 2.55. The molecule has 1 heterocycles. The Kier molecular flexibility index (Phi) is 5.84. The molecule has 0 aliphatic carbocycles. The van der Waals surface area contributed by atoms with Crippen LogP contribution in [0.2, 0.25) is 0 Å². The molecule has 0 radical (unpaired) electrons. The van der Waals surface area contributed by atoms with E-state index in [0.29, 0.717) is 12.1 Å². The van der Waals surface area contributed by atoms with Crippen molar-refractivity contribution in [2.45, 2.75) is 31.8 Å². The van der Waals surface area contributed by atoms with Crippen molar-refractivity contribution >= 4 is 0 Å². The Morgan fingerprint density at radius 3 is 2.17 bits per heavy atom. The van der Waals surface area contributed by atoms with Gasteiger partial charge >= 0.3 is 0 Å². The second kappa shape index (κ2) is 8.27. The van der Waals surface area contributed by atoms with Crippen molar-refractivity contribution in [2.24, 2.45) is 0 Å². The zero-order valence-electron chi connectivity index (χ0n) is 14.6. The highest BCUT2D eigenvalue weighted by atomic mass is 15.2. The van der Waals surface area contributed by atoms with Gasteiger partial charge in [0.15, 0.2) is 0 Å². The van der Waals surface area contributed by atoms with Crippen molar-refractivity contribution in [2.75, 3.05) is 19.6 Å². The van der Waals surface area contributed by atoms with Gasteiger partial charge < -0.3 is 5.32 Å². The molecule has 1 saturated heterocycles. The minimum atomic E-state index is 0.407. The molecule has 126 valence electrons. The third-order valence-electron chi connectivity index (χ3n) is 5.06. The molecule has 0 saturated carbocycles. The average Bonchev–Trinajstić information content (AvgIpc) is 2.89. The second-order valence-electron chi connectivity index (χ2n) is 6.77. The maximum absolute atomic E-state index is 4.31. The summed E-state index contributed by atoms with van der Waals surface area (Å²) in [6.45, 7) is 9.75. The molecule has 0 aromatic heterocycles. The van der Waals surface area contributed by atoms with Crippen LogP contribution in [0.25, 0.3) is 0 Å². The fraction of sp³-hybridized carbons (Fsp3) is 0.364. The van der Waals surface area contributed by atoms with Gasteiger partial charge in [-0.15, -0.1) is 0 Å². The van der Waals surface area contributed by atoms with Crippen molar-refractivity contribution in [3.05, 3.63) is 83.9 Å². The number of rotatable bonds is 7. The van der Waals surface area contributed by atoms with Crippen LogP contribution in [0.15, 0.2) is 72.8 Å². The largest absolute Gasteiger partial charge is 0.309 e. The molecule has 0 bridgehead atoms. The van der Waals surface area contributed by atoms with Gasteiger partial charge in [0.2, 0.25) is 0 Å². The minimum Gasteiger partial charge on any atom is -0.309 e. The molecule has 24 heavy (non-hydrogen) atoms. The molecule has 1 fully saturated rings. The van der Waals surface area contributed by atoms with Crippen molar-refractivity contribution in [3.63, 3.8) is 0 Å². The van der Waals surface area contributed by atoms with Crippen LogP contribution >= 0.6 is 0 Å². The van der Waals surface area contributed by atoms with Crippen LogP contribution in [0, 0.1) is 0 Å². The molecule has 2 atom stereocenters. The smallest absolute Gasteiger partial charge is 0.0444 e. The zero-order chi connectivity index (χ0) is 16.8. The van der Waals surface area contributed by atoms with Gasteiger partial charge in [-0.25, -0.2) is 0 Å². The molecular formula is C22H28N2. The van der Waals surface area contributed by atoms with E-state index in [1.165, 1.54) is 16.7 Å². The van der Waals surface area contributed by atoms with Crippen molar-refractivity contribution < 1.29 is 0 Å². The summed E-state index contributed by atoms with van der Waals surface area (Å²) in [6.07, 6.45) is 2.18. The lowest BCUT2D eigenvalue weighted by atomic mass is 10.1. The van der Waals surface area contributed by atoms with Crippen molar-refractivity contribution in [1.29, 1.82) is 0 Å². The van der Waals surface area contributed by atoms with E-state index in [4.69, 9.17) is 0 Å². The molecule has 2 heteroatoms. The van der Waals surface area contributed by atoms with E-state index in [2.05, 4.69) is 84.4 Å². The number of nitrogens with zero attached hydrogens (tertiary/aromatic N) is 1. The average molecular weight is 320 g/mol. The van der Waals surface area contributed by atoms with E-state index in [-0.39, 0.29) is 0 Å². The van der Waals surface area contributed by atoms with Crippen LogP contribution in [0.3, 0.4) is 0 Å². The Balaban J connectivity index is 1.47. The van der Waals surface area contributed by atoms with E-state index in [1.54, 1.807) is 0 Å². The SMILES string of the molecule is C=C1CN(CCc2ccccc2)[C@@H](C)[C@H]1NCCc1ccccc1. The van der Waals surface area contributed by atoms with Crippen molar-refractivity contribution in [1.82, 2.24) is 10.2 Å². The zero-order valence-corrected chi connectivity index (χ0v) is 14.6. The molecule has 0 unspecified atom stereocenters. The lowest BCUT2D eigenvalue weighted by Crippen LogP contribution is -2.42. The standard InChI is InChI=1S/C22H28N2/c1-18-17-24(16-14-21-11-7-4-8-12-21)19(2)22(18)23-15-13-20-9-5-3-6-10-20/h3-12,19,22-23H,1,13-17H2,2H3/t19-,22-/m0/s1. The first-order chi connectivity index (χ1) is 11.7. The Bertz CT molecular complexity index is 636. The molecular weight excluding hydrogens is 292 g/mol. The number of benzene rings is 2. The van der Waals surface area contributed by atoms with Crippen LogP contribution in [0.4, 0.5) is 0 Å². The van der Waals surface area contributed by atoms with Gasteiger partial charge in [-0.1, -0.05) is 67.2 Å². The molecule has 3 rings (SSSR count). The molecule has 0 amide bonds. The maximum Gasteiger partial charge on any atom is 0.0444 e. The summed E-state index contributed by atoms with van der Waals surface area (Å²) in [6, 6.07) is 22.3. The van der Waals surface area contributed by atoms with E-state index in [9.17, 15) is 0 Å². The van der Waals surface area contributed by atoms with Crippen LogP contribution in [0.1, 0.15) is 18.1 Å². The Labute approximate surface area is 146 Å². The summed E-state index contributed by atoms with van der Waals surface area (Å²) in [7, 11) is 0. The Morgan fingerprint density at radius 2 is 1.54 bits per heavy atom. The number of nitrogens with one attached hydrogen (secondary N) is 1. The number of likely N-dealkylation sites (tertiary alicyclic amines) is 1. The third kappa shape index (κ3) is 4.34. The lowest BCUT2D eigenvalue weighted by Gasteiger charge is -2.25.